The molecule has 3 saturated carbocycles. The fourth-order valence-electron chi connectivity index (χ4n) is 8.29. The monoisotopic (exact) mass is 388 g/mol. The molecule has 5 rings (SSSR count). The highest BCUT2D eigenvalue weighted by molar-refractivity contribution is 5.91. The summed E-state index contributed by atoms with van der Waals surface area (Å²) in [7, 11) is 0. The number of ketones is 1. The zero-order valence-electron chi connectivity index (χ0n) is 17.3. The van der Waals surface area contributed by atoms with E-state index in [1.54, 1.807) is 0 Å². The van der Waals surface area contributed by atoms with Crippen molar-refractivity contribution in [2.75, 3.05) is 19.6 Å². The van der Waals surface area contributed by atoms with Crippen LogP contribution in [0, 0.1) is 28.6 Å². The summed E-state index contributed by atoms with van der Waals surface area (Å²) >= 11 is 0. The summed E-state index contributed by atoms with van der Waals surface area (Å²) in [4.78, 5) is 12.0. The highest BCUT2D eigenvalue weighted by Gasteiger charge is 2.67. The fraction of sp³-hybridized carbons (Fsp3) is 0.870. The second-order valence-electron chi connectivity index (χ2n) is 10.8. The number of rotatable bonds is 1. The van der Waals surface area contributed by atoms with Gasteiger partial charge in [-0.05, 0) is 67.8 Å². The molecule has 5 nitrogen and oxygen atoms in total. The van der Waals surface area contributed by atoms with Crippen LogP contribution in [0.4, 0.5) is 0 Å². The number of hydrogen-bond donors (Lipinski definition) is 4. The first kappa shape index (κ1) is 19.2. The minimum atomic E-state index is -0.767. The maximum atomic E-state index is 12.0. The molecule has 4 N–H and O–H groups in total. The lowest BCUT2D eigenvalue weighted by Crippen LogP contribution is -2.68. The molecule has 1 saturated heterocycles. The topological polar surface area (TPSA) is 81.6 Å². The molecule has 0 aromatic rings. The molecule has 1 aliphatic heterocycles. The minimum absolute atomic E-state index is 0.0527. The molecular formula is C23H36N2O3. The van der Waals surface area contributed by atoms with Crippen molar-refractivity contribution >= 4 is 5.78 Å². The largest absolute Gasteiger partial charge is 0.393 e. The van der Waals surface area contributed by atoms with E-state index in [2.05, 4.69) is 24.5 Å². The van der Waals surface area contributed by atoms with Crippen LogP contribution in [0.25, 0.3) is 0 Å². The van der Waals surface area contributed by atoms with Gasteiger partial charge in [-0.3, -0.25) is 4.79 Å². The van der Waals surface area contributed by atoms with Crippen molar-refractivity contribution in [3.8, 4) is 0 Å². The van der Waals surface area contributed by atoms with Crippen LogP contribution in [0.2, 0.25) is 0 Å². The third-order valence-corrected chi connectivity index (χ3v) is 9.73. The normalized spacial score (nSPS) is 53.8. The van der Waals surface area contributed by atoms with Crippen LogP contribution in [0.1, 0.15) is 58.8 Å². The van der Waals surface area contributed by atoms with Crippen LogP contribution in [0.3, 0.4) is 0 Å². The Morgan fingerprint density at radius 3 is 2.71 bits per heavy atom. The van der Waals surface area contributed by atoms with Crippen molar-refractivity contribution in [1.82, 2.24) is 10.6 Å². The Morgan fingerprint density at radius 2 is 1.96 bits per heavy atom. The van der Waals surface area contributed by atoms with Crippen LogP contribution in [0.5, 0.6) is 0 Å². The van der Waals surface area contributed by atoms with Crippen LogP contribution in [0.15, 0.2) is 11.6 Å². The zero-order valence-corrected chi connectivity index (χ0v) is 17.3. The van der Waals surface area contributed by atoms with Crippen molar-refractivity contribution in [2.24, 2.45) is 28.6 Å². The third-order valence-electron chi connectivity index (χ3n) is 9.73. The van der Waals surface area contributed by atoms with E-state index in [-0.39, 0.29) is 28.6 Å². The Hall–Kier alpha value is -0.750. The van der Waals surface area contributed by atoms with Gasteiger partial charge in [-0.1, -0.05) is 19.4 Å². The average Bonchev–Trinajstić information content (AvgIpc) is 2.94. The van der Waals surface area contributed by atoms with Crippen LogP contribution in [-0.4, -0.2) is 53.4 Å². The first-order valence-electron chi connectivity index (χ1n) is 11.4. The maximum absolute atomic E-state index is 12.0. The van der Waals surface area contributed by atoms with E-state index in [1.165, 1.54) is 5.57 Å². The number of piperazine rings is 1. The summed E-state index contributed by atoms with van der Waals surface area (Å²) < 4.78 is 0. The summed E-state index contributed by atoms with van der Waals surface area (Å²) in [6.07, 6.45) is 7.53. The van der Waals surface area contributed by atoms with Crippen molar-refractivity contribution in [3.05, 3.63) is 11.6 Å². The molecule has 0 bridgehead atoms. The summed E-state index contributed by atoms with van der Waals surface area (Å²) in [5, 5.41) is 30.4. The van der Waals surface area contributed by atoms with Gasteiger partial charge in [-0.2, -0.15) is 0 Å². The maximum Gasteiger partial charge on any atom is 0.155 e. The Balaban J connectivity index is 1.49. The molecule has 0 radical (unpaired) electrons. The summed E-state index contributed by atoms with van der Waals surface area (Å²) in [5.41, 5.74) is 0.199. The van der Waals surface area contributed by atoms with Crippen molar-refractivity contribution in [3.63, 3.8) is 0 Å². The molecule has 8 atom stereocenters. The number of carbonyl (C=O) groups excluding carboxylic acids is 1. The molecule has 0 aromatic carbocycles. The smallest absolute Gasteiger partial charge is 0.155 e. The summed E-state index contributed by atoms with van der Waals surface area (Å²) in [6.45, 7) is 7.19. The Morgan fingerprint density at radius 1 is 1.14 bits per heavy atom. The fourth-order valence-corrected chi connectivity index (χ4v) is 8.29. The number of nitrogens with one attached hydrogen (secondary N) is 2. The highest BCUT2D eigenvalue weighted by atomic mass is 16.3. The van der Waals surface area contributed by atoms with Gasteiger partial charge in [0.1, 0.15) is 0 Å². The van der Waals surface area contributed by atoms with Crippen molar-refractivity contribution in [1.29, 1.82) is 0 Å². The minimum Gasteiger partial charge on any atom is -0.393 e. The van der Waals surface area contributed by atoms with E-state index in [1.807, 2.05) is 6.08 Å². The number of aliphatic hydroxyl groups is 2. The van der Waals surface area contributed by atoms with E-state index in [9.17, 15) is 15.0 Å². The van der Waals surface area contributed by atoms with Crippen molar-refractivity contribution in [2.45, 2.75) is 76.5 Å². The lowest BCUT2D eigenvalue weighted by atomic mass is 9.45. The van der Waals surface area contributed by atoms with Gasteiger partial charge < -0.3 is 20.8 Å². The molecule has 5 heteroatoms. The molecule has 28 heavy (non-hydrogen) atoms. The number of fused-ring (bicyclic) bond motifs is 5. The lowest BCUT2D eigenvalue weighted by molar-refractivity contribution is -0.181. The molecule has 1 heterocycles. The van der Waals surface area contributed by atoms with Gasteiger partial charge >= 0.3 is 0 Å². The lowest BCUT2D eigenvalue weighted by Gasteiger charge is -2.61. The average molecular weight is 389 g/mol. The predicted octanol–water partition coefficient (Wildman–Crippen LogP) is 1.78. The van der Waals surface area contributed by atoms with Gasteiger partial charge in [0.05, 0.1) is 11.7 Å². The molecule has 4 aliphatic carbocycles. The second-order valence-corrected chi connectivity index (χ2v) is 10.8. The number of aliphatic hydroxyl groups excluding tert-OH is 1. The van der Waals surface area contributed by atoms with E-state index in [0.29, 0.717) is 24.7 Å². The second kappa shape index (κ2) is 6.37. The van der Waals surface area contributed by atoms with Crippen LogP contribution < -0.4 is 10.6 Å². The van der Waals surface area contributed by atoms with Gasteiger partial charge in [0.25, 0.3) is 0 Å². The summed E-state index contributed by atoms with van der Waals surface area (Å²) in [5.74, 6) is 1.37. The van der Waals surface area contributed by atoms with Gasteiger partial charge in [0.2, 0.25) is 0 Å². The van der Waals surface area contributed by atoms with Gasteiger partial charge in [-0.25, -0.2) is 0 Å². The van der Waals surface area contributed by atoms with Crippen molar-refractivity contribution < 1.29 is 15.0 Å². The molecule has 1 unspecified atom stereocenters. The first-order chi connectivity index (χ1) is 13.3. The SMILES string of the molecule is C[C@]12CCC(=O)C=C1CC[C@@H]1[C@@H]2[C@@H](O)C[C@@]2(C)[C@H]1CC[C@]2(O)C1CNCCN1. The number of allylic oxidation sites excluding steroid dienone is 1. The Labute approximate surface area is 168 Å². The van der Waals surface area contributed by atoms with Gasteiger partial charge in [0.15, 0.2) is 5.78 Å². The zero-order chi connectivity index (χ0) is 19.7. The third kappa shape index (κ3) is 2.43. The first-order valence-corrected chi connectivity index (χ1v) is 11.4. The molecule has 0 aromatic heterocycles. The van der Waals surface area contributed by atoms with Gasteiger partial charge in [-0.15, -0.1) is 0 Å². The summed E-state index contributed by atoms with van der Waals surface area (Å²) in [6, 6.07) is 0.0573. The highest BCUT2D eigenvalue weighted by Crippen LogP contribution is 2.68. The Kier molecular flexibility index (Phi) is 4.38. The quantitative estimate of drug-likeness (QED) is 0.551. The Bertz CT molecular complexity index is 702. The van der Waals surface area contributed by atoms with E-state index >= 15 is 0 Å². The van der Waals surface area contributed by atoms with Crippen LogP contribution >= 0.6 is 0 Å². The molecule has 156 valence electrons. The van der Waals surface area contributed by atoms with E-state index in [0.717, 1.165) is 51.7 Å². The number of hydrogen-bond acceptors (Lipinski definition) is 5. The molecule has 4 fully saturated rings. The van der Waals surface area contributed by atoms with E-state index < -0.39 is 11.7 Å². The molecular weight excluding hydrogens is 352 g/mol. The van der Waals surface area contributed by atoms with Crippen LogP contribution in [-0.2, 0) is 4.79 Å². The standard InChI is InChI=1S/C23H36N2O3/c1-21-7-5-15(26)11-14(21)3-4-16-17-6-8-23(28,19-13-24-9-10-25-19)22(17,2)12-18(27)20(16)21/h11,16-20,24-25,27-28H,3-10,12-13H2,1-2H3/t16-,17-,18-,19?,20+,21-,22-,23-/m0/s1. The predicted molar refractivity (Wildman–Crippen MR) is 108 cm³/mol. The molecule has 5 aliphatic rings. The van der Waals surface area contributed by atoms with E-state index in [4.69, 9.17) is 0 Å². The molecule has 0 spiro atoms. The molecule has 0 amide bonds. The number of carbonyl (C=O) groups is 1. The van der Waals surface area contributed by atoms with Gasteiger partial charge in [0, 0.05) is 37.5 Å².